The molecule has 1 aliphatic rings. The predicted molar refractivity (Wildman–Crippen MR) is 97.4 cm³/mol. The van der Waals surface area contributed by atoms with Crippen LogP contribution < -0.4 is 5.32 Å². The van der Waals surface area contributed by atoms with Crippen LogP contribution in [0.2, 0.25) is 0 Å². The Morgan fingerprint density at radius 1 is 1.12 bits per heavy atom. The van der Waals surface area contributed by atoms with Gasteiger partial charge >= 0.3 is 0 Å². The Balaban J connectivity index is 1.79. The van der Waals surface area contributed by atoms with E-state index in [2.05, 4.69) is 48.1 Å². The first-order valence-electron chi connectivity index (χ1n) is 8.72. The fourth-order valence-corrected chi connectivity index (χ4v) is 4.01. The molecule has 2 unspecified atom stereocenters. The summed E-state index contributed by atoms with van der Waals surface area (Å²) >= 11 is 0. The quantitative estimate of drug-likeness (QED) is 0.718. The van der Waals surface area contributed by atoms with Crippen molar-refractivity contribution in [1.82, 2.24) is 9.88 Å². The predicted octanol–water partition coefficient (Wildman–Crippen LogP) is 4.79. The van der Waals surface area contributed by atoms with E-state index in [0.29, 0.717) is 11.8 Å². The van der Waals surface area contributed by atoms with Crippen molar-refractivity contribution in [2.75, 3.05) is 13.1 Å². The van der Waals surface area contributed by atoms with Gasteiger partial charge < -0.3 is 9.88 Å². The summed E-state index contributed by atoms with van der Waals surface area (Å²) in [7, 11) is 0. The van der Waals surface area contributed by atoms with Crippen LogP contribution in [0, 0.1) is 18.7 Å². The molecule has 1 saturated heterocycles. The highest BCUT2D eigenvalue weighted by molar-refractivity contribution is 5.84. The fourth-order valence-electron chi connectivity index (χ4n) is 4.01. The number of hydrogen-bond donors (Lipinski definition) is 1. The summed E-state index contributed by atoms with van der Waals surface area (Å²) in [6, 6.07) is 13.5. The summed E-state index contributed by atoms with van der Waals surface area (Å²) in [5.41, 5.74) is 5.01. The van der Waals surface area contributed by atoms with Crippen molar-refractivity contribution in [2.24, 2.45) is 5.92 Å². The van der Waals surface area contributed by atoms with Gasteiger partial charge in [0, 0.05) is 17.3 Å². The third kappa shape index (κ3) is 2.63. The van der Waals surface area contributed by atoms with Gasteiger partial charge in [-0.2, -0.15) is 0 Å². The van der Waals surface area contributed by atoms with Crippen LogP contribution in [0.4, 0.5) is 4.39 Å². The van der Waals surface area contributed by atoms with Gasteiger partial charge in [0.25, 0.3) is 0 Å². The number of hydrogen-bond acceptors (Lipinski definition) is 1. The zero-order valence-corrected chi connectivity index (χ0v) is 14.2. The van der Waals surface area contributed by atoms with E-state index in [-0.39, 0.29) is 5.82 Å². The second-order valence-electron chi connectivity index (χ2n) is 7.01. The minimum Gasteiger partial charge on any atom is -0.317 e. The van der Waals surface area contributed by atoms with E-state index in [1.54, 1.807) is 0 Å². The van der Waals surface area contributed by atoms with Crippen molar-refractivity contribution in [1.29, 1.82) is 0 Å². The van der Waals surface area contributed by atoms with Crippen LogP contribution in [-0.4, -0.2) is 17.7 Å². The molecule has 124 valence electrons. The van der Waals surface area contributed by atoms with E-state index in [1.165, 1.54) is 40.6 Å². The molecule has 2 aromatic carbocycles. The molecule has 0 amide bonds. The van der Waals surface area contributed by atoms with Crippen LogP contribution >= 0.6 is 0 Å². The van der Waals surface area contributed by atoms with E-state index in [4.69, 9.17) is 0 Å². The monoisotopic (exact) mass is 322 g/mol. The van der Waals surface area contributed by atoms with Crippen molar-refractivity contribution < 1.29 is 4.39 Å². The molecule has 0 spiro atoms. The Labute approximate surface area is 142 Å². The smallest absolute Gasteiger partial charge is 0.123 e. The van der Waals surface area contributed by atoms with Gasteiger partial charge in [-0.3, -0.25) is 0 Å². The lowest BCUT2D eigenvalue weighted by Gasteiger charge is -2.31. The molecular formula is C21H23FN2. The van der Waals surface area contributed by atoms with Crippen LogP contribution in [0.25, 0.3) is 16.6 Å². The van der Waals surface area contributed by atoms with Crippen molar-refractivity contribution in [3.05, 3.63) is 65.6 Å². The van der Waals surface area contributed by atoms with Gasteiger partial charge in [0.1, 0.15) is 5.82 Å². The first-order chi connectivity index (χ1) is 11.6. The number of rotatable bonds is 2. The average molecular weight is 322 g/mol. The molecule has 0 saturated carbocycles. The molecule has 4 rings (SSSR count). The lowest BCUT2D eigenvalue weighted by atomic mass is 9.80. The average Bonchev–Trinajstić information content (AvgIpc) is 2.98. The van der Waals surface area contributed by atoms with Gasteiger partial charge in [-0.1, -0.05) is 6.92 Å². The molecule has 1 N–H and O–H groups in total. The second kappa shape index (κ2) is 6.06. The summed E-state index contributed by atoms with van der Waals surface area (Å²) in [6.45, 7) is 6.75. The third-order valence-corrected chi connectivity index (χ3v) is 5.37. The minimum absolute atomic E-state index is 0.200. The number of benzene rings is 2. The van der Waals surface area contributed by atoms with Gasteiger partial charge in [0.15, 0.2) is 0 Å². The standard InChI is InChI=1S/C21H23FN2/c1-14-11-21-16(12-20(14)19-7-9-23-13-15(19)2)8-10-24(21)18-5-3-17(22)4-6-18/h3-6,8,10-12,15,19,23H,7,9,13H2,1-2H3. The molecule has 0 radical (unpaired) electrons. The van der Waals surface area contributed by atoms with E-state index in [1.807, 2.05) is 12.1 Å². The van der Waals surface area contributed by atoms with Gasteiger partial charge in [-0.15, -0.1) is 0 Å². The first kappa shape index (κ1) is 15.4. The van der Waals surface area contributed by atoms with Crippen LogP contribution in [0.15, 0.2) is 48.7 Å². The zero-order chi connectivity index (χ0) is 16.7. The van der Waals surface area contributed by atoms with Crippen LogP contribution in [0.1, 0.15) is 30.4 Å². The van der Waals surface area contributed by atoms with Crippen LogP contribution in [0.3, 0.4) is 0 Å². The van der Waals surface area contributed by atoms with Crippen molar-refractivity contribution in [3.63, 3.8) is 0 Å². The molecule has 2 atom stereocenters. The van der Waals surface area contributed by atoms with Gasteiger partial charge in [-0.05, 0) is 91.9 Å². The highest BCUT2D eigenvalue weighted by Gasteiger charge is 2.24. The fraction of sp³-hybridized carbons (Fsp3) is 0.333. The normalized spacial score (nSPS) is 21.3. The summed E-state index contributed by atoms with van der Waals surface area (Å²) in [5.74, 6) is 1.09. The molecule has 1 aromatic heterocycles. The largest absolute Gasteiger partial charge is 0.317 e. The molecule has 2 nitrogen and oxygen atoms in total. The first-order valence-corrected chi connectivity index (χ1v) is 8.72. The zero-order valence-electron chi connectivity index (χ0n) is 14.2. The Morgan fingerprint density at radius 2 is 1.92 bits per heavy atom. The summed E-state index contributed by atoms with van der Waals surface area (Å²) in [4.78, 5) is 0. The van der Waals surface area contributed by atoms with E-state index in [9.17, 15) is 4.39 Å². The number of nitrogens with one attached hydrogen (secondary N) is 1. The highest BCUT2D eigenvalue weighted by Crippen LogP contribution is 2.35. The number of aromatic nitrogens is 1. The van der Waals surface area contributed by atoms with Crippen molar-refractivity contribution in [2.45, 2.75) is 26.2 Å². The third-order valence-electron chi connectivity index (χ3n) is 5.37. The SMILES string of the molecule is Cc1cc2c(ccn2-c2ccc(F)cc2)cc1C1CCNCC1C. The maximum absolute atomic E-state index is 13.2. The van der Waals surface area contributed by atoms with E-state index >= 15 is 0 Å². The molecular weight excluding hydrogens is 299 g/mol. The van der Waals surface area contributed by atoms with Gasteiger partial charge in [0.05, 0.1) is 5.52 Å². The van der Waals surface area contributed by atoms with Crippen molar-refractivity contribution in [3.8, 4) is 5.69 Å². The Hall–Kier alpha value is -2.13. The van der Waals surface area contributed by atoms with Crippen LogP contribution in [-0.2, 0) is 0 Å². The van der Waals surface area contributed by atoms with E-state index in [0.717, 1.165) is 18.8 Å². The van der Waals surface area contributed by atoms with Crippen LogP contribution in [0.5, 0.6) is 0 Å². The Kier molecular flexibility index (Phi) is 3.89. The second-order valence-corrected chi connectivity index (χ2v) is 7.01. The number of halogens is 1. The lowest BCUT2D eigenvalue weighted by Crippen LogP contribution is -2.34. The Morgan fingerprint density at radius 3 is 2.67 bits per heavy atom. The number of nitrogens with zero attached hydrogens (tertiary/aromatic N) is 1. The molecule has 3 aromatic rings. The minimum atomic E-state index is -0.200. The summed E-state index contributed by atoms with van der Waals surface area (Å²) < 4.78 is 15.3. The number of fused-ring (bicyclic) bond motifs is 1. The highest BCUT2D eigenvalue weighted by atomic mass is 19.1. The molecule has 0 bridgehead atoms. The lowest BCUT2D eigenvalue weighted by molar-refractivity contribution is 0.349. The Bertz CT molecular complexity index is 863. The number of aryl methyl sites for hydroxylation is 1. The number of piperidine rings is 1. The topological polar surface area (TPSA) is 17.0 Å². The molecule has 24 heavy (non-hydrogen) atoms. The molecule has 3 heteroatoms. The molecule has 1 fully saturated rings. The summed E-state index contributed by atoms with van der Waals surface area (Å²) in [5, 5.41) is 4.74. The van der Waals surface area contributed by atoms with E-state index < -0.39 is 0 Å². The molecule has 0 aliphatic carbocycles. The van der Waals surface area contributed by atoms with Gasteiger partial charge in [0.2, 0.25) is 0 Å². The maximum atomic E-state index is 13.2. The van der Waals surface area contributed by atoms with Crippen molar-refractivity contribution >= 4 is 10.9 Å². The molecule has 2 heterocycles. The summed E-state index contributed by atoms with van der Waals surface area (Å²) in [6.07, 6.45) is 3.28. The van der Waals surface area contributed by atoms with Gasteiger partial charge in [-0.25, -0.2) is 4.39 Å². The maximum Gasteiger partial charge on any atom is 0.123 e. The molecule has 1 aliphatic heterocycles.